The molecule has 3 aromatic rings. The van der Waals surface area contributed by atoms with Crippen LogP contribution < -0.4 is 5.32 Å². The average molecular weight is 429 g/mol. The largest absolute Gasteiger partial charge is 0.454 e. The minimum atomic E-state index is -0.909. The highest BCUT2D eigenvalue weighted by Crippen LogP contribution is 2.16. The fourth-order valence-corrected chi connectivity index (χ4v) is 3.17. The van der Waals surface area contributed by atoms with Gasteiger partial charge in [-0.25, -0.2) is 9.78 Å². The Kier molecular flexibility index (Phi) is 7.02. The monoisotopic (exact) mass is 429 g/mol. The summed E-state index contributed by atoms with van der Waals surface area (Å²) in [4.78, 5) is 39.6. The quantitative estimate of drug-likeness (QED) is 0.312. The number of amides is 1. The number of carbonyl (C=O) groups is 2. The van der Waals surface area contributed by atoms with Gasteiger partial charge in [0.25, 0.3) is 11.6 Å². The van der Waals surface area contributed by atoms with E-state index in [1.807, 2.05) is 18.4 Å². The fraction of sp³-hybridized carbons (Fsp3) is 0.250. The maximum Gasteiger partial charge on any atom is 0.329 e. The number of hydrogen-bond acceptors (Lipinski definition) is 8. The van der Waals surface area contributed by atoms with Crippen molar-refractivity contribution >= 4 is 40.4 Å². The molecule has 0 aliphatic carbocycles. The van der Waals surface area contributed by atoms with Crippen LogP contribution in [0, 0.1) is 10.1 Å². The Morgan fingerprint density at radius 1 is 1.27 bits per heavy atom. The van der Waals surface area contributed by atoms with Gasteiger partial charge in [0.15, 0.2) is 12.2 Å². The van der Waals surface area contributed by atoms with E-state index in [0.29, 0.717) is 23.3 Å². The highest BCUT2D eigenvalue weighted by atomic mass is 32.2. The molecule has 10 heteroatoms. The minimum absolute atomic E-state index is 0.0881. The van der Waals surface area contributed by atoms with Gasteiger partial charge in [0.1, 0.15) is 11.6 Å². The molecule has 0 saturated heterocycles. The second kappa shape index (κ2) is 9.88. The van der Waals surface area contributed by atoms with Gasteiger partial charge in [-0.1, -0.05) is 18.2 Å². The zero-order valence-corrected chi connectivity index (χ0v) is 16.9. The van der Waals surface area contributed by atoms with Gasteiger partial charge in [0.2, 0.25) is 5.89 Å². The number of benzene rings is 2. The fourth-order valence-electron chi connectivity index (χ4n) is 2.70. The predicted octanol–water partition coefficient (Wildman–Crippen LogP) is 3.33. The number of rotatable bonds is 9. The third-order valence-corrected chi connectivity index (χ3v) is 4.84. The number of thioether (sulfide) groups is 1. The number of para-hydroxylation sites is 2. The summed E-state index contributed by atoms with van der Waals surface area (Å²) in [5.41, 5.74) is 1.12. The zero-order valence-electron chi connectivity index (χ0n) is 16.1. The van der Waals surface area contributed by atoms with Gasteiger partial charge in [0, 0.05) is 17.7 Å². The summed E-state index contributed by atoms with van der Waals surface area (Å²) in [5, 5.41) is 13.5. The number of oxazole rings is 1. The van der Waals surface area contributed by atoms with Crippen molar-refractivity contribution in [3.05, 3.63) is 70.1 Å². The molecule has 0 aliphatic heterocycles. The molecule has 3 rings (SSSR count). The van der Waals surface area contributed by atoms with Crippen LogP contribution in [0.15, 0.2) is 52.9 Å². The van der Waals surface area contributed by atoms with Crippen molar-refractivity contribution < 1.29 is 23.7 Å². The maximum atomic E-state index is 12.6. The van der Waals surface area contributed by atoms with Crippen LogP contribution >= 0.6 is 11.8 Å². The summed E-state index contributed by atoms with van der Waals surface area (Å²) in [6, 6.07) is 11.6. The molecule has 0 radical (unpaired) electrons. The lowest BCUT2D eigenvalue weighted by atomic mass is 10.1. The van der Waals surface area contributed by atoms with E-state index in [2.05, 4.69) is 10.3 Å². The maximum absolute atomic E-state index is 12.6. The van der Waals surface area contributed by atoms with E-state index >= 15 is 0 Å². The summed E-state index contributed by atoms with van der Waals surface area (Å²) in [6.45, 7) is -0.171. The van der Waals surface area contributed by atoms with Crippen molar-refractivity contribution in [1.82, 2.24) is 10.3 Å². The standard InChI is InChI=1S/C20H19N3O6S/c1-30-10-9-16(22-19(24)13-5-4-6-14(11-13)23(26)27)20(25)28-12-18-21-15-7-2-3-8-17(15)29-18/h2-8,11,16H,9-10,12H2,1H3,(H,22,24). The van der Waals surface area contributed by atoms with Crippen molar-refractivity contribution in [3.63, 3.8) is 0 Å². The van der Waals surface area contributed by atoms with Gasteiger partial charge >= 0.3 is 5.97 Å². The van der Waals surface area contributed by atoms with E-state index in [1.165, 1.54) is 30.0 Å². The molecular formula is C20H19N3O6S. The molecule has 1 amide bonds. The van der Waals surface area contributed by atoms with Crippen molar-refractivity contribution in [2.45, 2.75) is 19.1 Å². The number of non-ortho nitro benzene ring substituents is 1. The first-order valence-electron chi connectivity index (χ1n) is 9.03. The Morgan fingerprint density at radius 2 is 2.07 bits per heavy atom. The molecule has 0 fully saturated rings. The molecule has 1 N–H and O–H groups in total. The van der Waals surface area contributed by atoms with Crippen molar-refractivity contribution in [1.29, 1.82) is 0 Å². The molecule has 0 bridgehead atoms. The van der Waals surface area contributed by atoms with Crippen molar-refractivity contribution in [3.8, 4) is 0 Å². The molecule has 0 aliphatic rings. The summed E-state index contributed by atoms with van der Waals surface area (Å²) in [7, 11) is 0. The van der Waals surface area contributed by atoms with Crippen molar-refractivity contribution in [2.75, 3.05) is 12.0 Å². The van der Waals surface area contributed by atoms with Crippen LogP contribution in [0.5, 0.6) is 0 Å². The Labute approximate surface area is 176 Å². The van der Waals surface area contributed by atoms with Crippen LogP contribution in [-0.4, -0.2) is 39.8 Å². The lowest BCUT2D eigenvalue weighted by Crippen LogP contribution is -2.42. The van der Waals surface area contributed by atoms with Crippen LogP contribution in [-0.2, 0) is 16.1 Å². The Balaban J connectivity index is 1.66. The first-order chi connectivity index (χ1) is 14.5. The van der Waals surface area contributed by atoms with Gasteiger partial charge in [-0.3, -0.25) is 14.9 Å². The number of nitrogens with zero attached hydrogens (tertiary/aromatic N) is 2. The normalized spacial score (nSPS) is 11.8. The SMILES string of the molecule is CSCCC(NC(=O)c1cccc([N+](=O)[O-])c1)C(=O)OCc1nc2ccccc2o1. The molecule has 156 valence electrons. The number of nitro benzene ring substituents is 1. The van der Waals surface area contributed by atoms with Crippen LogP contribution in [0.3, 0.4) is 0 Å². The van der Waals surface area contributed by atoms with E-state index in [-0.39, 0.29) is 23.7 Å². The summed E-state index contributed by atoms with van der Waals surface area (Å²) < 4.78 is 10.8. The van der Waals surface area contributed by atoms with Gasteiger partial charge in [-0.15, -0.1) is 0 Å². The van der Waals surface area contributed by atoms with Gasteiger partial charge in [-0.2, -0.15) is 11.8 Å². The Hall–Kier alpha value is -3.40. The van der Waals surface area contributed by atoms with Crippen LogP contribution in [0.2, 0.25) is 0 Å². The predicted molar refractivity (Wildman–Crippen MR) is 111 cm³/mol. The van der Waals surface area contributed by atoms with Crippen LogP contribution in [0.4, 0.5) is 5.69 Å². The van der Waals surface area contributed by atoms with Crippen LogP contribution in [0.25, 0.3) is 11.1 Å². The van der Waals surface area contributed by atoms with E-state index in [9.17, 15) is 19.7 Å². The number of aromatic nitrogens is 1. The first-order valence-corrected chi connectivity index (χ1v) is 10.4. The lowest BCUT2D eigenvalue weighted by molar-refractivity contribution is -0.384. The number of fused-ring (bicyclic) bond motifs is 1. The molecule has 1 unspecified atom stereocenters. The van der Waals surface area contributed by atoms with Crippen LogP contribution in [0.1, 0.15) is 22.7 Å². The number of nitrogens with one attached hydrogen (secondary N) is 1. The number of nitro groups is 1. The van der Waals surface area contributed by atoms with Crippen molar-refractivity contribution in [2.24, 2.45) is 0 Å². The average Bonchev–Trinajstić information content (AvgIpc) is 3.18. The summed E-state index contributed by atoms with van der Waals surface area (Å²) in [6.07, 6.45) is 2.22. The molecule has 30 heavy (non-hydrogen) atoms. The Morgan fingerprint density at radius 3 is 2.80 bits per heavy atom. The van der Waals surface area contributed by atoms with Gasteiger partial charge in [0.05, 0.1) is 4.92 Å². The third-order valence-electron chi connectivity index (χ3n) is 4.20. The molecule has 9 nitrogen and oxygen atoms in total. The zero-order chi connectivity index (χ0) is 21.5. The summed E-state index contributed by atoms with van der Waals surface area (Å²) >= 11 is 1.51. The molecule has 0 spiro atoms. The topological polar surface area (TPSA) is 125 Å². The first kappa shape index (κ1) is 21.3. The molecule has 0 saturated carbocycles. The highest BCUT2D eigenvalue weighted by Gasteiger charge is 2.24. The van der Waals surface area contributed by atoms with Gasteiger partial charge in [-0.05, 0) is 36.6 Å². The van der Waals surface area contributed by atoms with E-state index in [0.717, 1.165) is 6.07 Å². The highest BCUT2D eigenvalue weighted by molar-refractivity contribution is 7.98. The second-order valence-corrected chi connectivity index (χ2v) is 7.28. The van der Waals surface area contributed by atoms with E-state index in [4.69, 9.17) is 9.15 Å². The summed E-state index contributed by atoms with van der Waals surface area (Å²) in [5.74, 6) is -0.371. The molecular weight excluding hydrogens is 410 g/mol. The third kappa shape index (κ3) is 5.35. The second-order valence-electron chi connectivity index (χ2n) is 6.30. The number of hydrogen-bond donors (Lipinski definition) is 1. The lowest BCUT2D eigenvalue weighted by Gasteiger charge is -2.17. The molecule has 1 atom stereocenters. The minimum Gasteiger partial charge on any atom is -0.454 e. The number of ether oxygens (including phenoxy) is 1. The molecule has 1 heterocycles. The number of esters is 1. The smallest absolute Gasteiger partial charge is 0.329 e. The van der Waals surface area contributed by atoms with Gasteiger partial charge < -0.3 is 14.5 Å². The van der Waals surface area contributed by atoms with E-state index < -0.39 is 22.8 Å². The molecule has 2 aromatic carbocycles. The number of carbonyl (C=O) groups excluding carboxylic acids is 2. The molecule has 1 aromatic heterocycles. The van der Waals surface area contributed by atoms with E-state index in [1.54, 1.807) is 12.1 Å². The Bertz CT molecular complexity index is 1030.